The highest BCUT2D eigenvalue weighted by atomic mass is 32.1. The first-order chi connectivity index (χ1) is 6.13. The van der Waals surface area contributed by atoms with Crippen LogP contribution in [0.3, 0.4) is 0 Å². The number of carbonyl (C=O) groups is 1. The van der Waals surface area contributed by atoms with E-state index in [0.29, 0.717) is 5.13 Å². The lowest BCUT2D eigenvalue weighted by molar-refractivity contribution is -0.135. The molecule has 0 aliphatic carbocycles. The van der Waals surface area contributed by atoms with Crippen LogP contribution in [-0.2, 0) is 11.2 Å². The lowest BCUT2D eigenvalue weighted by Crippen LogP contribution is -2.24. The highest BCUT2D eigenvalue weighted by Gasteiger charge is 2.10. The number of aromatic nitrogens is 2. The molecule has 1 aromatic rings. The quantitative estimate of drug-likeness (QED) is 0.773. The van der Waals surface area contributed by atoms with Gasteiger partial charge in [-0.05, 0) is 0 Å². The molecule has 0 amide bonds. The second-order valence-electron chi connectivity index (χ2n) is 2.60. The van der Waals surface area contributed by atoms with E-state index in [0.717, 1.165) is 12.2 Å². The second kappa shape index (κ2) is 4.18. The van der Waals surface area contributed by atoms with Crippen molar-refractivity contribution in [3.05, 3.63) is 5.82 Å². The highest BCUT2D eigenvalue weighted by Crippen LogP contribution is 2.15. The van der Waals surface area contributed by atoms with Crippen LogP contribution in [-0.4, -0.2) is 34.0 Å². The zero-order valence-corrected chi connectivity index (χ0v) is 8.34. The number of likely N-dealkylation sites (N-methyl/N-ethyl adjacent to an activating group) is 1. The van der Waals surface area contributed by atoms with E-state index in [4.69, 9.17) is 5.11 Å². The Kier molecular flexibility index (Phi) is 3.18. The SMILES string of the molecule is CCc1nsc(N(C)CC(=O)O)n1. The fraction of sp³-hybridized carbons (Fsp3) is 0.571. The van der Waals surface area contributed by atoms with Crippen molar-refractivity contribution in [1.82, 2.24) is 9.36 Å². The van der Waals surface area contributed by atoms with Crippen molar-refractivity contribution >= 4 is 22.6 Å². The van der Waals surface area contributed by atoms with Gasteiger partial charge in [-0.25, -0.2) is 4.98 Å². The van der Waals surface area contributed by atoms with Gasteiger partial charge in [-0.15, -0.1) is 0 Å². The molecule has 1 heterocycles. The van der Waals surface area contributed by atoms with Gasteiger partial charge < -0.3 is 10.0 Å². The van der Waals surface area contributed by atoms with Crippen LogP contribution in [0.1, 0.15) is 12.7 Å². The Hall–Kier alpha value is -1.17. The summed E-state index contributed by atoms with van der Waals surface area (Å²) in [7, 11) is 1.69. The van der Waals surface area contributed by atoms with Crippen LogP contribution in [0.25, 0.3) is 0 Å². The van der Waals surface area contributed by atoms with Gasteiger partial charge in [0.05, 0.1) is 0 Å². The third-order valence-electron chi connectivity index (χ3n) is 1.47. The van der Waals surface area contributed by atoms with E-state index < -0.39 is 5.97 Å². The Morgan fingerprint density at radius 2 is 2.38 bits per heavy atom. The van der Waals surface area contributed by atoms with Crippen LogP contribution in [0.4, 0.5) is 5.13 Å². The Morgan fingerprint density at radius 1 is 1.69 bits per heavy atom. The van der Waals surface area contributed by atoms with Gasteiger partial charge in [0, 0.05) is 25.0 Å². The van der Waals surface area contributed by atoms with Crippen LogP contribution >= 0.6 is 11.5 Å². The molecule has 0 radical (unpaired) electrons. The van der Waals surface area contributed by atoms with Crippen molar-refractivity contribution in [1.29, 1.82) is 0 Å². The van der Waals surface area contributed by atoms with Crippen molar-refractivity contribution < 1.29 is 9.90 Å². The number of carboxylic acid groups (broad SMARTS) is 1. The molecule has 1 N–H and O–H groups in total. The summed E-state index contributed by atoms with van der Waals surface area (Å²) in [6, 6.07) is 0. The molecule has 1 aromatic heterocycles. The molecule has 6 heteroatoms. The lowest BCUT2D eigenvalue weighted by Gasteiger charge is -2.10. The highest BCUT2D eigenvalue weighted by molar-refractivity contribution is 7.09. The van der Waals surface area contributed by atoms with Gasteiger partial charge in [0.15, 0.2) is 0 Å². The number of anilines is 1. The van der Waals surface area contributed by atoms with Crippen molar-refractivity contribution in [2.75, 3.05) is 18.5 Å². The predicted octanol–water partition coefficient (Wildman–Crippen LogP) is 0.621. The van der Waals surface area contributed by atoms with Gasteiger partial charge in [0.25, 0.3) is 0 Å². The molecule has 5 nitrogen and oxygen atoms in total. The van der Waals surface area contributed by atoms with E-state index in [-0.39, 0.29) is 6.54 Å². The minimum Gasteiger partial charge on any atom is -0.480 e. The molecule has 0 aromatic carbocycles. The van der Waals surface area contributed by atoms with Crippen molar-refractivity contribution in [3.8, 4) is 0 Å². The van der Waals surface area contributed by atoms with Crippen LogP contribution in [0.15, 0.2) is 0 Å². The Morgan fingerprint density at radius 3 is 2.85 bits per heavy atom. The van der Waals surface area contributed by atoms with E-state index in [1.54, 1.807) is 11.9 Å². The first kappa shape index (κ1) is 9.91. The number of hydrogen-bond acceptors (Lipinski definition) is 5. The van der Waals surface area contributed by atoms with Crippen LogP contribution < -0.4 is 4.90 Å². The summed E-state index contributed by atoms with van der Waals surface area (Å²) < 4.78 is 4.06. The average Bonchev–Trinajstić information content (AvgIpc) is 2.50. The summed E-state index contributed by atoms with van der Waals surface area (Å²) in [5.41, 5.74) is 0. The molecule has 1 rings (SSSR count). The number of nitrogens with zero attached hydrogens (tertiary/aromatic N) is 3. The van der Waals surface area contributed by atoms with Gasteiger partial charge in [-0.3, -0.25) is 4.79 Å². The van der Waals surface area contributed by atoms with Gasteiger partial charge in [0.1, 0.15) is 12.4 Å². The molecule has 0 spiro atoms. The fourth-order valence-electron chi connectivity index (χ4n) is 0.814. The summed E-state index contributed by atoms with van der Waals surface area (Å²) in [6.07, 6.45) is 0.775. The number of aliphatic carboxylic acids is 1. The summed E-state index contributed by atoms with van der Waals surface area (Å²) in [5, 5.41) is 9.18. The largest absolute Gasteiger partial charge is 0.480 e. The maximum atomic E-state index is 10.4. The van der Waals surface area contributed by atoms with E-state index in [1.807, 2.05) is 6.92 Å². The third-order valence-corrected chi connectivity index (χ3v) is 2.34. The first-order valence-electron chi connectivity index (χ1n) is 3.89. The Labute approximate surface area is 80.2 Å². The van der Waals surface area contributed by atoms with Crippen molar-refractivity contribution in [3.63, 3.8) is 0 Å². The summed E-state index contributed by atoms with van der Waals surface area (Å²) in [4.78, 5) is 16.1. The van der Waals surface area contributed by atoms with Crippen LogP contribution in [0.5, 0.6) is 0 Å². The fourth-order valence-corrected chi connectivity index (χ4v) is 1.52. The maximum Gasteiger partial charge on any atom is 0.323 e. The number of hydrogen-bond donors (Lipinski definition) is 1. The molecule has 0 bridgehead atoms. The van der Waals surface area contributed by atoms with E-state index in [9.17, 15) is 4.79 Å². The third kappa shape index (κ3) is 2.66. The smallest absolute Gasteiger partial charge is 0.323 e. The lowest BCUT2D eigenvalue weighted by atomic mass is 10.5. The van der Waals surface area contributed by atoms with Crippen molar-refractivity contribution in [2.45, 2.75) is 13.3 Å². The van der Waals surface area contributed by atoms with Crippen LogP contribution in [0, 0.1) is 0 Å². The van der Waals surface area contributed by atoms with Gasteiger partial charge in [-0.1, -0.05) is 6.92 Å². The van der Waals surface area contributed by atoms with Gasteiger partial charge in [0.2, 0.25) is 5.13 Å². The molecule has 0 unspecified atom stereocenters. The molecular weight excluding hydrogens is 190 g/mol. The first-order valence-corrected chi connectivity index (χ1v) is 4.66. The minimum atomic E-state index is -0.865. The number of carboxylic acids is 1. The minimum absolute atomic E-state index is 0.0433. The van der Waals surface area contributed by atoms with E-state index in [2.05, 4.69) is 9.36 Å². The topological polar surface area (TPSA) is 66.3 Å². The molecular formula is C7H11N3O2S. The molecule has 0 fully saturated rings. The van der Waals surface area contributed by atoms with E-state index >= 15 is 0 Å². The zero-order chi connectivity index (χ0) is 9.84. The number of aryl methyl sites for hydroxylation is 1. The maximum absolute atomic E-state index is 10.4. The number of rotatable bonds is 4. The van der Waals surface area contributed by atoms with Gasteiger partial charge in [-0.2, -0.15) is 4.37 Å². The second-order valence-corrected chi connectivity index (χ2v) is 3.33. The average molecular weight is 201 g/mol. The normalized spacial score (nSPS) is 10.0. The molecule has 0 saturated carbocycles. The molecule has 72 valence electrons. The Balaban J connectivity index is 2.65. The van der Waals surface area contributed by atoms with E-state index in [1.165, 1.54) is 11.5 Å². The molecule has 0 aliphatic rings. The van der Waals surface area contributed by atoms with Crippen LogP contribution in [0.2, 0.25) is 0 Å². The molecule has 0 saturated heterocycles. The summed E-state index contributed by atoms with van der Waals surface area (Å²) in [5.74, 6) is -0.104. The summed E-state index contributed by atoms with van der Waals surface area (Å²) >= 11 is 1.23. The molecule has 13 heavy (non-hydrogen) atoms. The Bertz CT molecular complexity index is 300. The van der Waals surface area contributed by atoms with Crippen molar-refractivity contribution in [2.24, 2.45) is 0 Å². The monoisotopic (exact) mass is 201 g/mol. The standard InChI is InChI=1S/C7H11N3O2S/c1-3-5-8-7(13-9-5)10(2)4-6(11)12/h3-4H2,1-2H3,(H,11,12). The van der Waals surface area contributed by atoms with Gasteiger partial charge >= 0.3 is 5.97 Å². The molecule has 0 atom stereocenters. The molecule has 0 aliphatic heterocycles. The zero-order valence-electron chi connectivity index (χ0n) is 7.52. The summed E-state index contributed by atoms with van der Waals surface area (Å²) in [6.45, 7) is 1.92. The predicted molar refractivity (Wildman–Crippen MR) is 50.2 cm³/mol.